The molecule has 0 N–H and O–H groups in total. The summed E-state index contributed by atoms with van der Waals surface area (Å²) in [6.07, 6.45) is 1.59. The van der Waals surface area contributed by atoms with Crippen LogP contribution >= 0.6 is 11.6 Å². The topological polar surface area (TPSA) is 76.9 Å². The lowest BCUT2D eigenvalue weighted by Gasteiger charge is -2.36. The normalized spacial score (nSPS) is 13.6. The Hall–Kier alpha value is -3.52. The summed E-state index contributed by atoms with van der Waals surface area (Å²) in [5.74, 6) is -0.531. The van der Waals surface area contributed by atoms with E-state index >= 15 is 0 Å². The Morgan fingerprint density at radius 3 is 2.42 bits per heavy atom. The third kappa shape index (κ3) is 5.46. The Morgan fingerprint density at radius 2 is 1.73 bits per heavy atom. The first-order valence-corrected chi connectivity index (χ1v) is 11.2. The first-order valence-electron chi connectivity index (χ1n) is 10.8. The van der Waals surface area contributed by atoms with Crippen molar-refractivity contribution in [1.82, 2.24) is 14.7 Å². The van der Waals surface area contributed by atoms with Crippen molar-refractivity contribution in [3.63, 3.8) is 0 Å². The summed E-state index contributed by atoms with van der Waals surface area (Å²) in [5, 5.41) is 5.00. The van der Waals surface area contributed by atoms with E-state index in [9.17, 15) is 9.59 Å². The number of piperazine rings is 1. The van der Waals surface area contributed by atoms with Gasteiger partial charge in [-0.2, -0.15) is 5.10 Å². The molecule has 9 heteroatoms. The quantitative estimate of drug-likeness (QED) is 0.494. The minimum atomic E-state index is -0.593. The fourth-order valence-corrected chi connectivity index (χ4v) is 3.82. The molecule has 2 heterocycles. The summed E-state index contributed by atoms with van der Waals surface area (Å²) in [5.41, 5.74) is 1.85. The molecule has 4 rings (SSSR count). The van der Waals surface area contributed by atoms with Gasteiger partial charge in [-0.05, 0) is 37.3 Å². The van der Waals surface area contributed by atoms with Gasteiger partial charge in [0.15, 0.2) is 12.4 Å². The van der Waals surface area contributed by atoms with Crippen molar-refractivity contribution >= 4 is 29.2 Å². The number of carbonyl (C=O) groups is 2. The van der Waals surface area contributed by atoms with Crippen LogP contribution in [-0.2, 0) is 9.53 Å². The van der Waals surface area contributed by atoms with Gasteiger partial charge < -0.3 is 19.3 Å². The zero-order valence-electron chi connectivity index (χ0n) is 18.3. The number of benzene rings is 2. The Kier molecular flexibility index (Phi) is 7.14. The van der Waals surface area contributed by atoms with Gasteiger partial charge in [0.05, 0.1) is 18.5 Å². The van der Waals surface area contributed by atoms with Crippen LogP contribution in [0.2, 0.25) is 5.02 Å². The second-order valence-electron chi connectivity index (χ2n) is 7.48. The molecule has 0 spiro atoms. The Labute approximate surface area is 197 Å². The van der Waals surface area contributed by atoms with Gasteiger partial charge in [0.2, 0.25) is 5.69 Å². The summed E-state index contributed by atoms with van der Waals surface area (Å²) in [6, 6.07) is 17.0. The predicted molar refractivity (Wildman–Crippen MR) is 125 cm³/mol. The number of aromatic nitrogens is 2. The van der Waals surface area contributed by atoms with E-state index in [0.29, 0.717) is 31.2 Å². The van der Waals surface area contributed by atoms with Gasteiger partial charge in [-0.1, -0.05) is 35.9 Å². The zero-order chi connectivity index (χ0) is 23.2. The van der Waals surface area contributed by atoms with E-state index in [-0.39, 0.29) is 30.6 Å². The average Bonchev–Trinajstić information content (AvgIpc) is 3.28. The molecule has 33 heavy (non-hydrogen) atoms. The summed E-state index contributed by atoms with van der Waals surface area (Å²) >= 11 is 6.09. The van der Waals surface area contributed by atoms with Crippen LogP contribution in [0.1, 0.15) is 17.4 Å². The fourth-order valence-electron chi connectivity index (χ4n) is 3.64. The molecular formula is C24H25ClN4O4. The number of carbonyl (C=O) groups excluding carboxylic acids is 2. The number of esters is 1. The third-order valence-electron chi connectivity index (χ3n) is 5.33. The van der Waals surface area contributed by atoms with E-state index in [2.05, 4.69) is 10.00 Å². The Balaban J connectivity index is 1.39. The maximum atomic E-state index is 12.8. The van der Waals surface area contributed by atoms with Crippen LogP contribution in [0.3, 0.4) is 0 Å². The van der Waals surface area contributed by atoms with Crippen molar-refractivity contribution in [3.05, 3.63) is 71.5 Å². The number of nitrogens with zero attached hydrogens (tertiary/aromatic N) is 4. The number of anilines is 1. The van der Waals surface area contributed by atoms with Crippen molar-refractivity contribution < 1.29 is 19.1 Å². The highest BCUT2D eigenvalue weighted by molar-refractivity contribution is 6.30. The third-order valence-corrected chi connectivity index (χ3v) is 5.56. The molecule has 8 nitrogen and oxygen atoms in total. The monoisotopic (exact) mass is 468 g/mol. The number of amides is 1. The number of ether oxygens (including phenoxy) is 2. The van der Waals surface area contributed by atoms with Crippen LogP contribution in [0.4, 0.5) is 5.69 Å². The van der Waals surface area contributed by atoms with Crippen LogP contribution in [0.25, 0.3) is 5.69 Å². The molecule has 0 saturated carbocycles. The molecule has 0 aliphatic carbocycles. The Bertz CT molecular complexity index is 1110. The molecule has 1 fully saturated rings. The second-order valence-corrected chi connectivity index (χ2v) is 7.92. The summed E-state index contributed by atoms with van der Waals surface area (Å²) in [6.45, 7) is 4.29. The second kappa shape index (κ2) is 10.4. The first kappa shape index (κ1) is 22.7. The average molecular weight is 469 g/mol. The summed E-state index contributed by atoms with van der Waals surface area (Å²) < 4.78 is 12.4. The number of para-hydroxylation sites is 1. The highest BCUT2D eigenvalue weighted by Gasteiger charge is 2.24. The zero-order valence-corrected chi connectivity index (χ0v) is 19.1. The van der Waals surface area contributed by atoms with Crippen LogP contribution < -0.4 is 9.64 Å². The van der Waals surface area contributed by atoms with Crippen molar-refractivity contribution in [2.75, 3.05) is 44.3 Å². The molecule has 1 amide bonds. The minimum Gasteiger partial charge on any atom is -0.480 e. The van der Waals surface area contributed by atoms with Gasteiger partial charge in [0.25, 0.3) is 5.91 Å². The smallest absolute Gasteiger partial charge is 0.362 e. The van der Waals surface area contributed by atoms with Crippen LogP contribution in [-0.4, -0.2) is 65.9 Å². The minimum absolute atomic E-state index is 0.0410. The van der Waals surface area contributed by atoms with Crippen molar-refractivity contribution in [1.29, 1.82) is 0 Å². The predicted octanol–water partition coefficient (Wildman–Crippen LogP) is 3.43. The maximum Gasteiger partial charge on any atom is 0.362 e. The molecule has 1 aromatic heterocycles. The van der Waals surface area contributed by atoms with E-state index in [0.717, 1.165) is 11.4 Å². The van der Waals surface area contributed by atoms with E-state index < -0.39 is 5.97 Å². The highest BCUT2D eigenvalue weighted by Crippen LogP contribution is 2.22. The molecule has 172 valence electrons. The van der Waals surface area contributed by atoms with Gasteiger partial charge in [0.1, 0.15) is 0 Å². The molecule has 0 radical (unpaired) electrons. The molecule has 0 bridgehead atoms. The van der Waals surface area contributed by atoms with Gasteiger partial charge in [-0.15, -0.1) is 0 Å². The number of hydrogen-bond acceptors (Lipinski definition) is 6. The summed E-state index contributed by atoms with van der Waals surface area (Å²) in [4.78, 5) is 29.1. The van der Waals surface area contributed by atoms with Crippen LogP contribution in [0, 0.1) is 0 Å². The number of hydrogen-bond donors (Lipinski definition) is 0. The molecule has 0 atom stereocenters. The highest BCUT2D eigenvalue weighted by atomic mass is 35.5. The molecule has 2 aromatic carbocycles. The lowest BCUT2D eigenvalue weighted by molar-refractivity contribution is -0.133. The molecule has 1 aliphatic rings. The summed E-state index contributed by atoms with van der Waals surface area (Å²) in [7, 11) is 0. The standard InChI is InChI=1S/C24H25ClN4O4/c1-2-32-24(31)23-21(16-29(26-23)19-8-4-3-5-9-19)33-17-22(30)28-13-11-27(12-14-28)20-10-6-7-18(25)15-20/h3-10,15-16H,2,11-14,17H2,1H3. The van der Waals surface area contributed by atoms with Crippen molar-refractivity contribution in [2.24, 2.45) is 0 Å². The first-order chi connectivity index (χ1) is 16.0. The SMILES string of the molecule is CCOC(=O)c1nn(-c2ccccc2)cc1OCC(=O)N1CCN(c2cccc(Cl)c2)CC1. The van der Waals surface area contributed by atoms with Crippen LogP contribution in [0.15, 0.2) is 60.8 Å². The van der Waals surface area contributed by atoms with E-state index in [4.69, 9.17) is 21.1 Å². The molecule has 1 saturated heterocycles. The molecular weight excluding hydrogens is 444 g/mol. The van der Waals surface area contributed by atoms with Gasteiger partial charge >= 0.3 is 5.97 Å². The van der Waals surface area contributed by atoms with Gasteiger partial charge in [0, 0.05) is 36.9 Å². The van der Waals surface area contributed by atoms with E-state index in [1.54, 1.807) is 18.0 Å². The number of halogens is 1. The lowest BCUT2D eigenvalue weighted by Crippen LogP contribution is -2.50. The van der Waals surface area contributed by atoms with Crippen molar-refractivity contribution in [3.8, 4) is 11.4 Å². The lowest BCUT2D eigenvalue weighted by atomic mass is 10.2. The van der Waals surface area contributed by atoms with Gasteiger partial charge in [-0.3, -0.25) is 4.79 Å². The maximum absolute atomic E-state index is 12.8. The van der Waals surface area contributed by atoms with Crippen molar-refractivity contribution in [2.45, 2.75) is 6.92 Å². The molecule has 1 aliphatic heterocycles. The Morgan fingerprint density at radius 1 is 1.00 bits per heavy atom. The van der Waals surface area contributed by atoms with Crippen LogP contribution in [0.5, 0.6) is 5.75 Å². The van der Waals surface area contributed by atoms with E-state index in [1.165, 1.54) is 4.68 Å². The molecule has 3 aromatic rings. The number of rotatable bonds is 7. The fraction of sp³-hybridized carbons (Fsp3) is 0.292. The molecule has 0 unspecified atom stereocenters. The van der Waals surface area contributed by atoms with E-state index in [1.807, 2.05) is 54.6 Å². The van der Waals surface area contributed by atoms with Gasteiger partial charge in [-0.25, -0.2) is 9.48 Å². The largest absolute Gasteiger partial charge is 0.480 e.